The predicted octanol–water partition coefficient (Wildman–Crippen LogP) is 2.21. The van der Waals surface area contributed by atoms with Crippen molar-refractivity contribution in [2.24, 2.45) is 0 Å². The summed E-state index contributed by atoms with van der Waals surface area (Å²) in [6, 6.07) is 8.27. The van der Waals surface area contributed by atoms with E-state index in [1.54, 1.807) is 0 Å². The second kappa shape index (κ2) is 33.9. The van der Waals surface area contributed by atoms with Gasteiger partial charge in [0.1, 0.15) is 0 Å². The van der Waals surface area contributed by atoms with Crippen molar-refractivity contribution in [1.29, 1.82) is 0 Å². The first-order chi connectivity index (χ1) is 23.8. The third kappa shape index (κ3) is 24.6. The Hall–Kier alpha value is -1.67. The first kappa shape index (κ1) is 57.1. The summed E-state index contributed by atoms with van der Waals surface area (Å²) < 4.78 is 0. The molecule has 0 atom stereocenters. The molecule has 16 heteroatoms. The molecule has 52 heavy (non-hydrogen) atoms. The summed E-state index contributed by atoms with van der Waals surface area (Å²) in [6.07, 6.45) is 0. The number of hydrogen-bond donors (Lipinski definition) is 8. The van der Waals surface area contributed by atoms with Crippen LogP contribution in [0.25, 0.3) is 10.8 Å². The topological polar surface area (TPSA) is 203 Å². The van der Waals surface area contributed by atoms with E-state index in [-0.39, 0.29) is 55.9 Å². The summed E-state index contributed by atoms with van der Waals surface area (Å²) in [7, 11) is 2.00. The molecule has 0 aromatic heterocycles. The third-order valence-electron chi connectivity index (χ3n) is 7.39. The fraction of sp³-hybridized carbons (Fsp3) is 0.611. The number of benzene rings is 2. The van der Waals surface area contributed by atoms with E-state index in [1.807, 2.05) is 0 Å². The molecular formula is C36H60Co2N8O4S2. The van der Waals surface area contributed by atoms with Crippen LogP contribution in [0.2, 0.25) is 0 Å². The van der Waals surface area contributed by atoms with Gasteiger partial charge < -0.3 is 63.1 Å². The van der Waals surface area contributed by atoms with Crippen molar-refractivity contribution in [2.75, 3.05) is 66.6 Å². The molecule has 1 aliphatic heterocycles. The maximum atomic E-state index is 13.2. The number of thiocarbonyl (C=S) groups is 2. The first-order valence-corrected chi connectivity index (χ1v) is 17.4. The monoisotopic (exact) mass is 850 g/mol. The van der Waals surface area contributed by atoms with Gasteiger partial charge in [0.05, 0.1) is 0 Å². The number of rotatable bonds is 0. The number of isothiocyanates is 2. The van der Waals surface area contributed by atoms with Crippen molar-refractivity contribution in [3.8, 4) is 11.5 Å². The molecule has 2 aromatic carbocycles. The number of aliphatic hydroxyl groups excluding tert-OH is 2. The van der Waals surface area contributed by atoms with Gasteiger partial charge in [-0.3, -0.25) is 0 Å². The van der Waals surface area contributed by atoms with Crippen LogP contribution in [-0.4, -0.2) is 87.1 Å². The van der Waals surface area contributed by atoms with E-state index in [4.69, 9.17) is 21.0 Å². The van der Waals surface area contributed by atoms with Gasteiger partial charge in [0.2, 0.25) is 0 Å². The van der Waals surface area contributed by atoms with E-state index < -0.39 is 0 Å². The smallest absolute Gasteiger partial charge is 0.872 e. The zero-order valence-corrected chi connectivity index (χ0v) is 35.6. The molecule has 0 unspecified atom stereocenters. The van der Waals surface area contributed by atoms with Crippen molar-refractivity contribution in [2.45, 2.75) is 78.6 Å². The zero-order valence-electron chi connectivity index (χ0n) is 31.9. The van der Waals surface area contributed by atoms with Gasteiger partial charge in [0, 0.05) is 92.8 Å². The van der Waals surface area contributed by atoms with E-state index in [0.29, 0.717) is 26.2 Å². The molecule has 298 valence electrons. The van der Waals surface area contributed by atoms with E-state index in [1.165, 1.54) is 21.4 Å². The summed E-state index contributed by atoms with van der Waals surface area (Å²) in [5, 5.41) is 77.9. The molecule has 0 saturated heterocycles. The van der Waals surface area contributed by atoms with E-state index in [0.717, 1.165) is 88.8 Å². The molecule has 0 spiro atoms. The zero-order chi connectivity index (χ0) is 38.6. The van der Waals surface area contributed by atoms with E-state index in [9.17, 15) is 10.2 Å². The average molecular weight is 851 g/mol. The van der Waals surface area contributed by atoms with Crippen LogP contribution < -0.4 is 42.1 Å². The standard InChI is InChI=1S/C32H54N6O2.2CNS.2CH4O.2Co/c1-31(2,3)27-15-23-19-35-11-7-33-9-13-37-21-25-17-28(32(4,5)6)18-26(30(25)40)22-38-14-10-34-8-12-36-20-24(16-27)29(23)39;2*2-1-3;2*1-2;;/h15-18,33-40H,7-14,19-22H2,1-6H3;;;2*2H,1H3;;/q;2*-1;;;2*+2/p-2. The van der Waals surface area contributed by atoms with Crippen LogP contribution in [0.4, 0.5) is 0 Å². The number of nitrogens with zero attached hydrogens (tertiary/aromatic N) is 2. The fourth-order valence-electron chi connectivity index (χ4n) is 4.75. The molecule has 4 bridgehead atoms. The second-order valence-electron chi connectivity index (χ2n) is 13.1. The first-order valence-electron chi connectivity index (χ1n) is 16.6. The Morgan fingerprint density at radius 2 is 0.673 bits per heavy atom. The fourth-order valence-corrected chi connectivity index (χ4v) is 4.75. The van der Waals surface area contributed by atoms with Gasteiger partial charge in [0.15, 0.2) is 0 Å². The summed E-state index contributed by atoms with van der Waals surface area (Å²) in [6.45, 7) is 21.7. The van der Waals surface area contributed by atoms with Crippen molar-refractivity contribution in [1.82, 2.24) is 31.9 Å². The van der Waals surface area contributed by atoms with Gasteiger partial charge in [-0.1, -0.05) is 102 Å². The minimum atomic E-state index is -0.0234. The molecule has 0 fully saturated rings. The minimum absolute atomic E-state index is 0. The summed E-state index contributed by atoms with van der Waals surface area (Å²) in [5.41, 5.74) is 5.65. The van der Waals surface area contributed by atoms with Crippen LogP contribution in [-0.2, 0) is 70.6 Å². The summed E-state index contributed by atoms with van der Waals surface area (Å²) in [5.74, 6) is 0.264. The average Bonchev–Trinajstić information content (AvgIpc) is 3.06. The number of hydrogen-bond acceptors (Lipinski definition) is 12. The predicted molar refractivity (Wildman–Crippen MR) is 210 cm³/mol. The molecule has 3 rings (SSSR count). The van der Waals surface area contributed by atoms with Gasteiger partial charge in [-0.25, -0.2) is 0 Å². The van der Waals surface area contributed by atoms with Gasteiger partial charge in [-0.15, -0.1) is 0 Å². The Morgan fingerprint density at radius 1 is 0.500 bits per heavy atom. The van der Waals surface area contributed by atoms with E-state index in [2.05, 4.69) is 122 Å². The van der Waals surface area contributed by atoms with Crippen LogP contribution in [0, 0.1) is 0 Å². The number of aliphatic hydroxyl groups is 2. The van der Waals surface area contributed by atoms with Gasteiger partial charge in [0.25, 0.3) is 0 Å². The van der Waals surface area contributed by atoms with Crippen molar-refractivity contribution >= 4 is 34.8 Å². The van der Waals surface area contributed by atoms with Crippen LogP contribution >= 0.6 is 24.4 Å². The molecule has 0 saturated carbocycles. The molecule has 2 radical (unpaired) electrons. The SMILES string of the molecule is CC(C)(C)c1cc2c([O-])c(c1)CNCCNCCNCc1cc(C(C)(C)C)cc(c1[O-])CNCCNCCNC2.CO.CO.[Co+2].[Co+2].[N-]=C=S.[N-]=C=S. The Morgan fingerprint density at radius 3 is 0.846 bits per heavy atom. The van der Waals surface area contributed by atoms with Gasteiger partial charge in [-0.05, 0) is 44.2 Å². The molecule has 0 amide bonds. The Balaban J connectivity index is -0.000000869. The van der Waals surface area contributed by atoms with Crippen LogP contribution in [0.3, 0.4) is 0 Å². The largest absolute Gasteiger partial charge is 2.00 e. The molecule has 8 N–H and O–H groups in total. The maximum absolute atomic E-state index is 13.2. The minimum Gasteiger partial charge on any atom is -0.872 e. The second-order valence-corrected chi connectivity index (χ2v) is 13.5. The molecule has 12 nitrogen and oxygen atoms in total. The van der Waals surface area contributed by atoms with Crippen LogP contribution in [0.5, 0.6) is 11.5 Å². The molecular weight excluding hydrogens is 790 g/mol. The van der Waals surface area contributed by atoms with Crippen LogP contribution in [0.15, 0.2) is 24.3 Å². The van der Waals surface area contributed by atoms with Gasteiger partial charge in [-0.2, -0.15) is 10.3 Å². The number of nitrogens with one attached hydrogen (secondary N) is 6. The maximum Gasteiger partial charge on any atom is 2.00 e. The Kier molecular flexibility index (Phi) is 37.2. The van der Waals surface area contributed by atoms with E-state index >= 15 is 0 Å². The Bertz CT molecular complexity index is 1120. The third-order valence-corrected chi connectivity index (χ3v) is 7.39. The molecule has 1 aliphatic rings. The number of fused-ring (bicyclic) bond motifs is 4. The van der Waals surface area contributed by atoms with Crippen molar-refractivity contribution < 1.29 is 54.0 Å². The molecule has 0 aliphatic carbocycles. The Labute approximate surface area is 343 Å². The van der Waals surface area contributed by atoms with Crippen molar-refractivity contribution in [3.63, 3.8) is 0 Å². The van der Waals surface area contributed by atoms with Crippen LogP contribution in [0.1, 0.15) is 74.9 Å². The van der Waals surface area contributed by atoms with Crippen molar-refractivity contribution in [3.05, 3.63) is 68.5 Å². The quantitative estimate of drug-likeness (QED) is 0.142. The van der Waals surface area contributed by atoms with Gasteiger partial charge >= 0.3 is 33.6 Å². The normalized spacial score (nSPS) is 14.5. The molecule has 2 aromatic rings. The summed E-state index contributed by atoms with van der Waals surface area (Å²) in [4.78, 5) is 0. The summed E-state index contributed by atoms with van der Waals surface area (Å²) >= 11 is 7.40. The molecule has 1 heterocycles.